The first kappa shape index (κ1) is 33.7. The summed E-state index contributed by atoms with van der Waals surface area (Å²) < 4.78 is 94.6. The van der Waals surface area contributed by atoms with Crippen LogP contribution in [0.1, 0.15) is 73.3 Å². The summed E-state index contributed by atoms with van der Waals surface area (Å²) in [4.78, 5) is 12.8. The lowest BCUT2D eigenvalue weighted by molar-refractivity contribution is -0.143. The monoisotopic (exact) mass is 650 g/mol. The van der Waals surface area contributed by atoms with Gasteiger partial charge in [-0.1, -0.05) is 61.6 Å². The van der Waals surface area contributed by atoms with Gasteiger partial charge in [0.2, 0.25) is 0 Å². The molecule has 0 spiro atoms. The van der Waals surface area contributed by atoms with Gasteiger partial charge in [-0.3, -0.25) is 4.57 Å². The first-order valence-electron chi connectivity index (χ1n) is 15.0. The topological polar surface area (TPSA) is 81.2 Å². The quantitative estimate of drug-likeness (QED) is 0.225. The number of benzene rings is 2. The molecule has 2 N–H and O–H groups in total. The van der Waals surface area contributed by atoms with Crippen molar-refractivity contribution in [3.05, 3.63) is 111 Å². The molecule has 5 rings (SSSR count). The van der Waals surface area contributed by atoms with E-state index in [2.05, 4.69) is 15.5 Å². The average molecular weight is 651 g/mol. The predicted molar refractivity (Wildman–Crippen MR) is 159 cm³/mol. The van der Waals surface area contributed by atoms with E-state index >= 15 is 0 Å². The minimum absolute atomic E-state index is 0.000489. The second kappa shape index (κ2) is 13.2. The lowest BCUT2D eigenvalue weighted by Gasteiger charge is -2.52. The van der Waals surface area contributed by atoms with E-state index in [0.717, 1.165) is 5.56 Å². The molecule has 248 valence electrons. The number of allylic oxidation sites excluding steroid dienone is 3. The number of alkyl halides is 6. The van der Waals surface area contributed by atoms with E-state index in [1.165, 1.54) is 6.92 Å². The summed E-state index contributed by atoms with van der Waals surface area (Å²) in [6.07, 6.45) is -1.46. The standard InChI is InChI=1S/C33H36F6N4O3/c1-22(24-15-25(32(34,35)36)17-26(16-24)33(37,38)39)46-21-31(30(2)12-7-4-8-13-30)14-11-27(18-40-31)43-28(41-42-29(43)44)20-45-19-23-9-5-3-6-10-23/h3-10,12,15-17,22,27,40H,11,13-14,18-21H2,1-2H3,(H,42,44)/t22-,27+,30?,31-/m1/s1. The van der Waals surface area contributed by atoms with Crippen LogP contribution in [0.25, 0.3) is 0 Å². The minimum atomic E-state index is -4.96. The Morgan fingerprint density at radius 2 is 1.72 bits per heavy atom. The van der Waals surface area contributed by atoms with E-state index < -0.39 is 40.5 Å². The third-order valence-electron chi connectivity index (χ3n) is 9.07. The second-order valence-corrected chi connectivity index (χ2v) is 12.2. The van der Waals surface area contributed by atoms with Crippen molar-refractivity contribution in [3.8, 4) is 0 Å². The number of piperidine rings is 1. The number of nitrogens with one attached hydrogen (secondary N) is 2. The molecule has 1 aliphatic heterocycles. The summed E-state index contributed by atoms with van der Waals surface area (Å²) in [5.74, 6) is 0.446. The van der Waals surface area contributed by atoms with Gasteiger partial charge >= 0.3 is 18.0 Å². The number of nitrogens with zero attached hydrogens (tertiary/aromatic N) is 2. The zero-order valence-corrected chi connectivity index (χ0v) is 25.4. The molecule has 13 heteroatoms. The lowest BCUT2D eigenvalue weighted by atomic mass is 9.63. The summed E-state index contributed by atoms with van der Waals surface area (Å²) in [6, 6.07) is 10.8. The van der Waals surface area contributed by atoms with Gasteiger partial charge in [-0.15, -0.1) is 0 Å². The zero-order valence-electron chi connectivity index (χ0n) is 25.4. The number of rotatable bonds is 10. The summed E-state index contributed by atoms with van der Waals surface area (Å²) >= 11 is 0. The highest BCUT2D eigenvalue weighted by Crippen LogP contribution is 2.46. The molecule has 2 heterocycles. The van der Waals surface area contributed by atoms with Crippen LogP contribution in [0, 0.1) is 5.41 Å². The van der Waals surface area contributed by atoms with Crippen LogP contribution in [-0.2, 0) is 35.0 Å². The molecule has 0 radical (unpaired) electrons. The fraction of sp³-hybridized carbons (Fsp3) is 0.455. The number of aromatic nitrogens is 3. The Bertz CT molecular complexity index is 1570. The Morgan fingerprint density at radius 1 is 1.02 bits per heavy atom. The Labute approximate surface area is 262 Å². The maximum absolute atomic E-state index is 13.5. The van der Waals surface area contributed by atoms with Gasteiger partial charge in [-0.2, -0.15) is 31.4 Å². The van der Waals surface area contributed by atoms with E-state index in [1.54, 1.807) is 4.57 Å². The van der Waals surface area contributed by atoms with E-state index in [0.29, 0.717) is 50.4 Å². The second-order valence-electron chi connectivity index (χ2n) is 12.2. The van der Waals surface area contributed by atoms with Gasteiger partial charge < -0.3 is 14.8 Å². The van der Waals surface area contributed by atoms with Crippen LogP contribution in [0.15, 0.2) is 77.6 Å². The number of halogens is 6. The maximum atomic E-state index is 13.5. The van der Waals surface area contributed by atoms with Gasteiger partial charge in [0.15, 0.2) is 5.82 Å². The third-order valence-corrected chi connectivity index (χ3v) is 9.07. The van der Waals surface area contributed by atoms with Crippen molar-refractivity contribution in [1.82, 2.24) is 20.1 Å². The Morgan fingerprint density at radius 3 is 2.30 bits per heavy atom. The molecular weight excluding hydrogens is 614 g/mol. The van der Waals surface area contributed by atoms with E-state index in [4.69, 9.17) is 9.47 Å². The Balaban J connectivity index is 1.34. The highest BCUT2D eigenvalue weighted by molar-refractivity contribution is 5.35. The number of hydrogen-bond donors (Lipinski definition) is 2. The van der Waals surface area contributed by atoms with Gasteiger partial charge in [0.05, 0.1) is 42.0 Å². The van der Waals surface area contributed by atoms with Gasteiger partial charge in [0, 0.05) is 12.0 Å². The zero-order chi connectivity index (χ0) is 33.2. The highest BCUT2D eigenvalue weighted by Gasteiger charge is 2.49. The number of hydrogen-bond acceptors (Lipinski definition) is 5. The molecule has 0 amide bonds. The molecule has 0 saturated carbocycles. The molecule has 1 saturated heterocycles. The SMILES string of the molecule is C[C@@H](OC[C@@]1(C2(C)C=CC=CC2)CC[C@H](n2c(COCc3ccccc3)n[nH]c2=O)CN1)c1cc(C(F)(F)F)cc(C(F)(F)F)c1. The van der Waals surface area contributed by atoms with Crippen LogP contribution in [0.2, 0.25) is 0 Å². The van der Waals surface area contributed by atoms with E-state index in [1.807, 2.05) is 61.6 Å². The fourth-order valence-electron chi connectivity index (χ4n) is 6.22. The molecule has 2 aromatic carbocycles. The highest BCUT2D eigenvalue weighted by atomic mass is 19.4. The van der Waals surface area contributed by atoms with Crippen LogP contribution < -0.4 is 11.0 Å². The van der Waals surface area contributed by atoms with Crippen molar-refractivity contribution in [1.29, 1.82) is 0 Å². The Hall–Kier alpha value is -3.68. The molecule has 4 atom stereocenters. The van der Waals surface area contributed by atoms with Crippen LogP contribution in [0.5, 0.6) is 0 Å². The van der Waals surface area contributed by atoms with Gasteiger partial charge in [-0.05, 0) is 55.5 Å². The molecule has 7 nitrogen and oxygen atoms in total. The molecule has 0 bridgehead atoms. The van der Waals surface area contributed by atoms with Crippen molar-refractivity contribution in [2.75, 3.05) is 13.2 Å². The first-order valence-corrected chi connectivity index (χ1v) is 15.0. The third kappa shape index (κ3) is 7.31. The summed E-state index contributed by atoms with van der Waals surface area (Å²) in [5, 5.41) is 10.3. The molecule has 1 aromatic heterocycles. The smallest absolute Gasteiger partial charge is 0.372 e. The van der Waals surface area contributed by atoms with Gasteiger partial charge in [-0.25, -0.2) is 9.89 Å². The molecule has 1 aliphatic carbocycles. The molecule has 3 aromatic rings. The molecule has 2 aliphatic rings. The van der Waals surface area contributed by atoms with Crippen molar-refractivity contribution in [2.24, 2.45) is 5.41 Å². The largest absolute Gasteiger partial charge is 0.416 e. The van der Waals surface area contributed by atoms with Gasteiger partial charge in [0.1, 0.15) is 6.61 Å². The summed E-state index contributed by atoms with van der Waals surface area (Å²) in [6.45, 7) is 4.28. The van der Waals surface area contributed by atoms with Crippen LogP contribution in [0.4, 0.5) is 26.3 Å². The summed E-state index contributed by atoms with van der Waals surface area (Å²) in [7, 11) is 0. The number of aromatic amines is 1. The molecule has 46 heavy (non-hydrogen) atoms. The first-order chi connectivity index (χ1) is 21.7. The molecular formula is C33H36F6N4O3. The lowest BCUT2D eigenvalue weighted by Crippen LogP contribution is -2.63. The van der Waals surface area contributed by atoms with Crippen molar-refractivity contribution < 1.29 is 35.8 Å². The predicted octanol–water partition coefficient (Wildman–Crippen LogP) is 7.29. The van der Waals surface area contributed by atoms with Crippen LogP contribution >= 0.6 is 0 Å². The van der Waals surface area contributed by atoms with Crippen LogP contribution in [0.3, 0.4) is 0 Å². The van der Waals surface area contributed by atoms with E-state index in [-0.39, 0.29) is 36.6 Å². The fourth-order valence-corrected chi connectivity index (χ4v) is 6.22. The number of ether oxygens (including phenoxy) is 2. The Kier molecular flexibility index (Phi) is 9.67. The normalized spacial score (nSPS) is 24.3. The van der Waals surface area contributed by atoms with Crippen molar-refractivity contribution >= 4 is 0 Å². The average Bonchev–Trinajstić information content (AvgIpc) is 3.39. The van der Waals surface area contributed by atoms with Crippen LogP contribution in [-0.4, -0.2) is 33.5 Å². The maximum Gasteiger partial charge on any atom is 0.416 e. The van der Waals surface area contributed by atoms with E-state index in [9.17, 15) is 31.1 Å². The number of H-pyrrole nitrogens is 1. The molecule has 1 unspecified atom stereocenters. The summed E-state index contributed by atoms with van der Waals surface area (Å²) in [5.41, 5.74) is -3.64. The van der Waals surface area contributed by atoms with Crippen molar-refractivity contribution in [2.45, 2.75) is 76.4 Å². The minimum Gasteiger partial charge on any atom is -0.372 e. The van der Waals surface area contributed by atoms with Crippen molar-refractivity contribution in [3.63, 3.8) is 0 Å². The van der Waals surface area contributed by atoms with Gasteiger partial charge in [0.25, 0.3) is 0 Å². The molecule has 1 fully saturated rings.